The number of rotatable bonds is 3. The van der Waals surface area contributed by atoms with E-state index in [1.807, 2.05) is 0 Å². The quantitative estimate of drug-likeness (QED) is 0.385. The highest BCUT2D eigenvalue weighted by Crippen LogP contribution is 2.24. The van der Waals surface area contributed by atoms with Crippen molar-refractivity contribution in [2.75, 3.05) is 13.7 Å². The number of aliphatic hydroxyl groups is 1. The Hall–Kier alpha value is -2.39. The second-order valence-electron chi connectivity index (χ2n) is 3.69. The number of aliphatic hydroxyl groups excluding tert-OH is 1. The number of nitrogens with zero attached hydrogens (tertiary/aromatic N) is 1. The first kappa shape index (κ1) is 14.7. The minimum absolute atomic E-state index is 0.0924. The number of benzene rings is 1. The number of nitro benzene ring substituents is 1. The minimum atomic E-state index is -0.647. The molecule has 6 heteroatoms. The zero-order chi connectivity index (χ0) is 14.4. The molecule has 0 aliphatic heterocycles. The Balaban J connectivity index is 3.36. The molecule has 0 unspecified atom stereocenters. The van der Waals surface area contributed by atoms with Gasteiger partial charge in [0, 0.05) is 23.6 Å². The molecule has 0 saturated heterocycles. The number of carbonyl (C=O) groups is 1. The molecule has 1 aromatic rings. The third-order valence-corrected chi connectivity index (χ3v) is 2.45. The molecular weight excluding hydrogens is 250 g/mol. The lowest BCUT2D eigenvalue weighted by Gasteiger charge is -2.05. The summed E-state index contributed by atoms with van der Waals surface area (Å²) < 4.78 is 4.58. The van der Waals surface area contributed by atoms with Crippen LogP contribution in [0.25, 0.3) is 0 Å². The van der Waals surface area contributed by atoms with Crippen molar-refractivity contribution in [1.82, 2.24) is 0 Å². The standard InChI is InChI=1S/C13H13NO5/c1-9-11(13(16)19-2)7-10(5-3-4-6-15)8-12(9)14(17)18/h7-8,15H,4,6H2,1-2H3. The average molecular weight is 263 g/mol. The second kappa shape index (κ2) is 6.52. The summed E-state index contributed by atoms with van der Waals surface area (Å²) in [5.74, 6) is 4.66. The number of hydrogen-bond donors (Lipinski definition) is 1. The lowest BCUT2D eigenvalue weighted by molar-refractivity contribution is -0.385. The van der Waals surface area contributed by atoms with Gasteiger partial charge >= 0.3 is 5.97 Å². The van der Waals surface area contributed by atoms with Crippen LogP contribution in [0.3, 0.4) is 0 Å². The molecule has 100 valence electrons. The largest absolute Gasteiger partial charge is 0.465 e. The van der Waals surface area contributed by atoms with Crippen molar-refractivity contribution in [3.63, 3.8) is 0 Å². The smallest absolute Gasteiger partial charge is 0.338 e. The molecule has 1 N–H and O–H groups in total. The van der Waals surface area contributed by atoms with Gasteiger partial charge in [-0.15, -0.1) is 0 Å². The summed E-state index contributed by atoms with van der Waals surface area (Å²) >= 11 is 0. The van der Waals surface area contributed by atoms with E-state index in [9.17, 15) is 14.9 Å². The Morgan fingerprint density at radius 2 is 2.21 bits per heavy atom. The van der Waals surface area contributed by atoms with Crippen LogP contribution in [0.15, 0.2) is 12.1 Å². The summed E-state index contributed by atoms with van der Waals surface area (Å²) in [6.45, 7) is 1.39. The lowest BCUT2D eigenvalue weighted by Crippen LogP contribution is -2.06. The van der Waals surface area contributed by atoms with E-state index in [1.54, 1.807) is 0 Å². The van der Waals surface area contributed by atoms with Gasteiger partial charge in [-0.1, -0.05) is 11.8 Å². The number of esters is 1. The predicted octanol–water partition coefficient (Wildman–Crippen LogP) is 1.42. The summed E-state index contributed by atoms with van der Waals surface area (Å²) in [5.41, 5.74) is 0.511. The molecule has 1 rings (SSSR count). The molecule has 0 fully saturated rings. The van der Waals surface area contributed by atoms with Crippen LogP contribution in [-0.4, -0.2) is 29.7 Å². The Morgan fingerprint density at radius 1 is 1.53 bits per heavy atom. The van der Waals surface area contributed by atoms with E-state index >= 15 is 0 Å². The summed E-state index contributed by atoms with van der Waals surface area (Å²) in [7, 11) is 1.21. The van der Waals surface area contributed by atoms with Gasteiger partial charge in [0.15, 0.2) is 0 Å². The summed E-state index contributed by atoms with van der Waals surface area (Å²) in [6, 6.07) is 2.74. The molecule has 0 saturated carbocycles. The van der Waals surface area contributed by atoms with Gasteiger partial charge in [-0.05, 0) is 13.0 Å². The average Bonchev–Trinajstić information content (AvgIpc) is 2.39. The molecular formula is C13H13NO5. The van der Waals surface area contributed by atoms with Crippen molar-refractivity contribution in [2.24, 2.45) is 0 Å². The highest BCUT2D eigenvalue weighted by Gasteiger charge is 2.20. The molecule has 0 aromatic heterocycles. The zero-order valence-corrected chi connectivity index (χ0v) is 10.6. The first-order chi connectivity index (χ1) is 9.01. The maximum absolute atomic E-state index is 11.6. The Morgan fingerprint density at radius 3 is 2.74 bits per heavy atom. The topological polar surface area (TPSA) is 89.7 Å². The number of nitro groups is 1. The van der Waals surface area contributed by atoms with Crippen molar-refractivity contribution in [2.45, 2.75) is 13.3 Å². The Bertz CT molecular complexity index is 568. The zero-order valence-electron chi connectivity index (χ0n) is 10.6. The van der Waals surface area contributed by atoms with Gasteiger partial charge in [-0.25, -0.2) is 4.79 Å². The van der Waals surface area contributed by atoms with Crippen molar-refractivity contribution < 1.29 is 19.6 Å². The van der Waals surface area contributed by atoms with Crippen molar-refractivity contribution in [1.29, 1.82) is 0 Å². The third-order valence-electron chi connectivity index (χ3n) is 2.45. The fourth-order valence-electron chi connectivity index (χ4n) is 1.50. The van der Waals surface area contributed by atoms with E-state index in [0.717, 1.165) is 0 Å². The maximum atomic E-state index is 11.6. The molecule has 19 heavy (non-hydrogen) atoms. The van der Waals surface area contributed by atoms with Crippen LogP contribution >= 0.6 is 0 Å². The monoisotopic (exact) mass is 263 g/mol. The van der Waals surface area contributed by atoms with Crippen molar-refractivity contribution in [3.8, 4) is 11.8 Å². The van der Waals surface area contributed by atoms with Crippen LogP contribution in [0.2, 0.25) is 0 Å². The number of hydrogen-bond acceptors (Lipinski definition) is 5. The number of ether oxygens (including phenoxy) is 1. The molecule has 6 nitrogen and oxygen atoms in total. The highest BCUT2D eigenvalue weighted by atomic mass is 16.6. The van der Waals surface area contributed by atoms with Gasteiger partial charge in [0.2, 0.25) is 0 Å². The van der Waals surface area contributed by atoms with Gasteiger partial charge in [0.25, 0.3) is 5.69 Å². The van der Waals surface area contributed by atoms with E-state index in [0.29, 0.717) is 5.56 Å². The number of methoxy groups -OCH3 is 1. The molecule has 0 spiro atoms. The van der Waals surface area contributed by atoms with Crippen molar-refractivity contribution >= 4 is 11.7 Å². The maximum Gasteiger partial charge on any atom is 0.338 e. The van der Waals surface area contributed by atoms with Gasteiger partial charge < -0.3 is 9.84 Å². The minimum Gasteiger partial charge on any atom is -0.465 e. The van der Waals surface area contributed by atoms with Gasteiger partial charge in [-0.3, -0.25) is 10.1 Å². The normalized spacial score (nSPS) is 9.42. The fraction of sp³-hybridized carbons (Fsp3) is 0.308. The van der Waals surface area contributed by atoms with Crippen LogP contribution in [0.1, 0.15) is 27.9 Å². The van der Waals surface area contributed by atoms with E-state index in [1.165, 1.54) is 26.2 Å². The van der Waals surface area contributed by atoms with Gasteiger partial charge in [0.05, 0.1) is 24.2 Å². The van der Waals surface area contributed by atoms with Crippen LogP contribution in [0, 0.1) is 28.9 Å². The summed E-state index contributed by atoms with van der Waals surface area (Å²) in [6.07, 6.45) is 0.259. The highest BCUT2D eigenvalue weighted by molar-refractivity contribution is 5.92. The second-order valence-corrected chi connectivity index (χ2v) is 3.69. The van der Waals surface area contributed by atoms with Gasteiger partial charge in [-0.2, -0.15) is 0 Å². The molecule has 0 atom stereocenters. The Kier molecular flexibility index (Phi) is 5.03. The molecule has 0 radical (unpaired) electrons. The molecule has 0 amide bonds. The van der Waals surface area contributed by atoms with E-state index in [-0.39, 0.29) is 29.8 Å². The van der Waals surface area contributed by atoms with Crippen LogP contribution in [0.5, 0.6) is 0 Å². The number of carbonyl (C=O) groups excluding carboxylic acids is 1. The van der Waals surface area contributed by atoms with Crippen LogP contribution < -0.4 is 0 Å². The Labute approximate surface area is 110 Å². The third kappa shape index (κ3) is 3.53. The molecule has 0 heterocycles. The lowest BCUT2D eigenvalue weighted by atomic mass is 10.0. The first-order valence-electron chi connectivity index (χ1n) is 5.48. The van der Waals surface area contributed by atoms with Crippen LogP contribution in [-0.2, 0) is 4.74 Å². The SMILES string of the molecule is COC(=O)c1cc(C#CCCO)cc([N+](=O)[O-])c1C. The van der Waals surface area contributed by atoms with Gasteiger partial charge in [0.1, 0.15) is 0 Å². The molecule has 0 aliphatic carbocycles. The predicted molar refractivity (Wildman–Crippen MR) is 67.8 cm³/mol. The summed E-state index contributed by atoms with van der Waals surface area (Å²) in [5, 5.41) is 19.6. The van der Waals surface area contributed by atoms with Crippen molar-refractivity contribution in [3.05, 3.63) is 38.9 Å². The van der Waals surface area contributed by atoms with Crippen LogP contribution in [0.4, 0.5) is 5.69 Å². The fourth-order valence-corrected chi connectivity index (χ4v) is 1.50. The molecule has 0 aliphatic rings. The van der Waals surface area contributed by atoms with E-state index < -0.39 is 10.9 Å². The first-order valence-corrected chi connectivity index (χ1v) is 5.48. The summed E-state index contributed by atoms with van der Waals surface area (Å²) in [4.78, 5) is 21.9. The molecule has 0 bridgehead atoms. The molecule has 1 aromatic carbocycles. The van der Waals surface area contributed by atoms with E-state index in [4.69, 9.17) is 5.11 Å². The van der Waals surface area contributed by atoms with E-state index in [2.05, 4.69) is 16.6 Å².